The Hall–Kier alpha value is -1.72. The zero-order valence-corrected chi connectivity index (χ0v) is 15.5. The van der Waals surface area contributed by atoms with E-state index in [9.17, 15) is 4.79 Å². The van der Waals surface area contributed by atoms with Gasteiger partial charge in [-0.3, -0.25) is 9.69 Å². The molecular formula is C19H25N3OS. The number of benzene rings is 1. The van der Waals surface area contributed by atoms with Gasteiger partial charge in [0.25, 0.3) is 0 Å². The molecule has 1 amide bonds. The SMILES string of the molecule is CCCN1CCc2nc(NC(=O)Cc3ccc(C)cc3C)sc2C1. The van der Waals surface area contributed by atoms with Gasteiger partial charge in [-0.25, -0.2) is 4.98 Å². The monoisotopic (exact) mass is 343 g/mol. The van der Waals surface area contributed by atoms with Gasteiger partial charge in [0.05, 0.1) is 12.1 Å². The number of fused-ring (bicyclic) bond motifs is 1. The lowest BCUT2D eigenvalue weighted by molar-refractivity contribution is -0.115. The van der Waals surface area contributed by atoms with Crippen LogP contribution in [-0.2, 0) is 24.2 Å². The van der Waals surface area contributed by atoms with Gasteiger partial charge in [0.2, 0.25) is 5.91 Å². The van der Waals surface area contributed by atoms with Gasteiger partial charge in [0.15, 0.2) is 5.13 Å². The predicted molar refractivity (Wildman–Crippen MR) is 99.6 cm³/mol. The van der Waals surface area contributed by atoms with E-state index >= 15 is 0 Å². The van der Waals surface area contributed by atoms with E-state index in [1.54, 1.807) is 11.3 Å². The maximum atomic E-state index is 12.3. The number of hydrogen-bond acceptors (Lipinski definition) is 4. The number of nitrogens with zero attached hydrogens (tertiary/aromatic N) is 2. The van der Waals surface area contributed by atoms with Gasteiger partial charge in [-0.1, -0.05) is 30.7 Å². The van der Waals surface area contributed by atoms with Crippen LogP contribution in [0.5, 0.6) is 0 Å². The molecule has 3 rings (SSSR count). The van der Waals surface area contributed by atoms with Gasteiger partial charge in [0.1, 0.15) is 0 Å². The van der Waals surface area contributed by atoms with Gasteiger partial charge >= 0.3 is 0 Å². The third-order valence-corrected chi connectivity index (χ3v) is 5.44. The second kappa shape index (κ2) is 7.45. The molecule has 4 nitrogen and oxygen atoms in total. The molecule has 5 heteroatoms. The number of carbonyl (C=O) groups excluding carboxylic acids is 1. The fourth-order valence-corrected chi connectivity index (χ4v) is 4.26. The summed E-state index contributed by atoms with van der Waals surface area (Å²) in [6.07, 6.45) is 2.56. The molecule has 0 saturated carbocycles. The van der Waals surface area contributed by atoms with Crippen LogP contribution in [0.15, 0.2) is 18.2 Å². The summed E-state index contributed by atoms with van der Waals surface area (Å²) in [6.45, 7) is 9.50. The quantitative estimate of drug-likeness (QED) is 0.900. The van der Waals surface area contributed by atoms with Crippen LogP contribution in [0.2, 0.25) is 0 Å². The fraction of sp³-hybridized carbons (Fsp3) is 0.474. The van der Waals surface area contributed by atoms with Crippen molar-refractivity contribution in [2.24, 2.45) is 0 Å². The Morgan fingerprint density at radius 1 is 1.38 bits per heavy atom. The van der Waals surface area contributed by atoms with Crippen molar-refractivity contribution in [3.8, 4) is 0 Å². The van der Waals surface area contributed by atoms with E-state index < -0.39 is 0 Å². The molecule has 1 aromatic heterocycles. The molecule has 0 atom stereocenters. The first-order valence-corrected chi connectivity index (χ1v) is 9.43. The minimum absolute atomic E-state index is 0.0125. The molecule has 2 heterocycles. The summed E-state index contributed by atoms with van der Waals surface area (Å²) in [4.78, 5) is 20.7. The smallest absolute Gasteiger partial charge is 0.230 e. The lowest BCUT2D eigenvalue weighted by Crippen LogP contribution is -2.30. The summed E-state index contributed by atoms with van der Waals surface area (Å²) in [5, 5.41) is 3.73. The Morgan fingerprint density at radius 2 is 2.21 bits per heavy atom. The summed E-state index contributed by atoms with van der Waals surface area (Å²) >= 11 is 1.63. The molecule has 0 fully saturated rings. The summed E-state index contributed by atoms with van der Waals surface area (Å²) in [7, 11) is 0. The lowest BCUT2D eigenvalue weighted by atomic mass is 10.0. The topological polar surface area (TPSA) is 45.2 Å². The molecule has 24 heavy (non-hydrogen) atoms. The van der Waals surface area contributed by atoms with Crippen molar-refractivity contribution >= 4 is 22.4 Å². The zero-order chi connectivity index (χ0) is 17.1. The predicted octanol–water partition coefficient (Wildman–Crippen LogP) is 3.71. The minimum atomic E-state index is 0.0125. The highest BCUT2D eigenvalue weighted by Gasteiger charge is 2.20. The average Bonchev–Trinajstić information content (AvgIpc) is 2.92. The van der Waals surface area contributed by atoms with Crippen LogP contribution >= 0.6 is 11.3 Å². The van der Waals surface area contributed by atoms with Crippen molar-refractivity contribution in [3.63, 3.8) is 0 Å². The zero-order valence-electron chi connectivity index (χ0n) is 14.7. The van der Waals surface area contributed by atoms with E-state index in [1.807, 2.05) is 6.07 Å². The molecule has 0 spiro atoms. The molecule has 0 unspecified atom stereocenters. The van der Waals surface area contributed by atoms with Crippen LogP contribution in [0.1, 0.15) is 40.6 Å². The molecule has 1 aromatic carbocycles. The summed E-state index contributed by atoms with van der Waals surface area (Å²) < 4.78 is 0. The molecule has 0 aliphatic carbocycles. The van der Waals surface area contributed by atoms with E-state index in [4.69, 9.17) is 0 Å². The number of aryl methyl sites for hydroxylation is 2. The van der Waals surface area contributed by atoms with Gasteiger partial charge in [-0.05, 0) is 37.9 Å². The molecule has 0 bridgehead atoms. The fourth-order valence-electron chi connectivity index (χ4n) is 3.19. The number of carbonyl (C=O) groups is 1. The number of anilines is 1. The van der Waals surface area contributed by atoms with E-state index in [0.717, 1.165) is 42.4 Å². The highest BCUT2D eigenvalue weighted by Crippen LogP contribution is 2.28. The molecule has 1 aliphatic rings. The highest BCUT2D eigenvalue weighted by atomic mass is 32.1. The van der Waals surface area contributed by atoms with Gasteiger partial charge < -0.3 is 5.32 Å². The summed E-state index contributed by atoms with van der Waals surface area (Å²) in [6, 6.07) is 6.22. The molecule has 1 N–H and O–H groups in total. The Kier molecular flexibility index (Phi) is 5.31. The maximum Gasteiger partial charge on any atom is 0.230 e. The van der Waals surface area contributed by atoms with Gasteiger partial charge in [0, 0.05) is 24.4 Å². The summed E-state index contributed by atoms with van der Waals surface area (Å²) in [5.41, 5.74) is 4.63. The number of thiazole rings is 1. The standard InChI is InChI=1S/C19H25N3OS/c1-4-8-22-9-7-16-17(12-22)24-19(20-16)21-18(23)11-15-6-5-13(2)10-14(15)3/h5-6,10H,4,7-9,11-12H2,1-3H3,(H,20,21,23). The van der Waals surface area contributed by atoms with E-state index in [-0.39, 0.29) is 5.91 Å². The van der Waals surface area contributed by atoms with Crippen LogP contribution < -0.4 is 5.32 Å². The van der Waals surface area contributed by atoms with E-state index in [2.05, 4.69) is 48.1 Å². The van der Waals surface area contributed by atoms with Crippen molar-refractivity contribution in [3.05, 3.63) is 45.5 Å². The van der Waals surface area contributed by atoms with Crippen LogP contribution in [0.3, 0.4) is 0 Å². The average molecular weight is 343 g/mol. The lowest BCUT2D eigenvalue weighted by Gasteiger charge is -2.24. The number of amides is 1. The van der Waals surface area contributed by atoms with Crippen LogP contribution in [-0.4, -0.2) is 28.9 Å². The maximum absolute atomic E-state index is 12.3. The number of nitrogens with one attached hydrogen (secondary N) is 1. The third-order valence-electron chi connectivity index (χ3n) is 4.45. The number of hydrogen-bond donors (Lipinski definition) is 1. The first-order chi connectivity index (χ1) is 11.5. The van der Waals surface area contributed by atoms with Crippen LogP contribution in [0.25, 0.3) is 0 Å². The summed E-state index contributed by atoms with van der Waals surface area (Å²) in [5.74, 6) is 0.0125. The van der Waals surface area contributed by atoms with Crippen molar-refractivity contribution in [1.82, 2.24) is 9.88 Å². The highest BCUT2D eigenvalue weighted by molar-refractivity contribution is 7.15. The second-order valence-corrected chi connectivity index (χ2v) is 7.65. The first-order valence-electron chi connectivity index (χ1n) is 8.62. The van der Waals surface area contributed by atoms with Crippen molar-refractivity contribution in [2.75, 3.05) is 18.4 Å². The van der Waals surface area contributed by atoms with Crippen LogP contribution in [0, 0.1) is 13.8 Å². The molecular weight excluding hydrogens is 318 g/mol. The first kappa shape index (κ1) is 17.1. The number of rotatable bonds is 5. The van der Waals surface area contributed by atoms with Crippen molar-refractivity contribution in [1.29, 1.82) is 0 Å². The van der Waals surface area contributed by atoms with Crippen LogP contribution in [0.4, 0.5) is 5.13 Å². The molecule has 1 aliphatic heterocycles. The Labute approximate surface area is 147 Å². The largest absolute Gasteiger partial charge is 0.302 e. The van der Waals surface area contributed by atoms with Crippen molar-refractivity contribution < 1.29 is 4.79 Å². The molecule has 0 radical (unpaired) electrons. The second-order valence-electron chi connectivity index (χ2n) is 6.57. The number of aromatic nitrogens is 1. The van der Waals surface area contributed by atoms with E-state index in [0.29, 0.717) is 6.42 Å². The molecule has 128 valence electrons. The third kappa shape index (κ3) is 4.02. The Balaban J connectivity index is 1.63. The normalized spacial score (nSPS) is 14.5. The minimum Gasteiger partial charge on any atom is -0.302 e. The van der Waals surface area contributed by atoms with E-state index in [1.165, 1.54) is 22.4 Å². The van der Waals surface area contributed by atoms with Crippen molar-refractivity contribution in [2.45, 2.75) is 46.6 Å². The molecule has 2 aromatic rings. The van der Waals surface area contributed by atoms with Gasteiger partial charge in [-0.15, -0.1) is 11.3 Å². The molecule has 0 saturated heterocycles. The Morgan fingerprint density at radius 3 is 2.96 bits per heavy atom. The Bertz CT molecular complexity index is 738. The van der Waals surface area contributed by atoms with Gasteiger partial charge in [-0.2, -0.15) is 0 Å².